The van der Waals surface area contributed by atoms with Crippen LogP contribution in [0.15, 0.2) is 36.5 Å². The molecule has 0 bridgehead atoms. The summed E-state index contributed by atoms with van der Waals surface area (Å²) in [5.41, 5.74) is 10.6. The van der Waals surface area contributed by atoms with Crippen LogP contribution in [0.3, 0.4) is 0 Å². The first-order chi connectivity index (χ1) is 12.6. The number of amides is 1. The zero-order valence-electron chi connectivity index (χ0n) is 14.6. The SMILES string of the molecule is Cn1nc(C(N)=O)c2c1-c1nc(NCc3ccccc3)ncc1CCC2. The molecular weight excluding hydrogens is 328 g/mol. The largest absolute Gasteiger partial charge is 0.364 e. The summed E-state index contributed by atoms with van der Waals surface area (Å²) in [6.45, 7) is 0.643. The zero-order chi connectivity index (χ0) is 18.1. The summed E-state index contributed by atoms with van der Waals surface area (Å²) in [6, 6.07) is 10.1. The summed E-state index contributed by atoms with van der Waals surface area (Å²) in [4.78, 5) is 20.9. The van der Waals surface area contributed by atoms with Gasteiger partial charge in [0.1, 0.15) is 0 Å². The van der Waals surface area contributed by atoms with E-state index in [1.54, 1.807) is 4.68 Å². The van der Waals surface area contributed by atoms with E-state index in [4.69, 9.17) is 10.7 Å². The Kier molecular flexibility index (Phi) is 4.12. The van der Waals surface area contributed by atoms with Gasteiger partial charge in [0.15, 0.2) is 5.69 Å². The second-order valence-corrected chi connectivity index (χ2v) is 6.42. The van der Waals surface area contributed by atoms with Crippen LogP contribution >= 0.6 is 0 Å². The Morgan fingerprint density at radius 2 is 2.08 bits per heavy atom. The summed E-state index contributed by atoms with van der Waals surface area (Å²) in [7, 11) is 1.82. The lowest BCUT2D eigenvalue weighted by Gasteiger charge is -2.10. The number of hydrogen-bond donors (Lipinski definition) is 2. The van der Waals surface area contributed by atoms with Gasteiger partial charge in [-0.1, -0.05) is 30.3 Å². The van der Waals surface area contributed by atoms with Gasteiger partial charge in [-0.25, -0.2) is 9.97 Å². The van der Waals surface area contributed by atoms with E-state index >= 15 is 0 Å². The van der Waals surface area contributed by atoms with Gasteiger partial charge in [-0.15, -0.1) is 0 Å². The summed E-state index contributed by atoms with van der Waals surface area (Å²) in [5.74, 6) is 0.0593. The number of benzene rings is 1. The molecule has 0 atom stereocenters. The predicted molar refractivity (Wildman–Crippen MR) is 98.5 cm³/mol. The Hall–Kier alpha value is -3.22. The normalized spacial score (nSPS) is 12.8. The van der Waals surface area contributed by atoms with Gasteiger partial charge in [-0.05, 0) is 30.4 Å². The lowest BCUT2D eigenvalue weighted by molar-refractivity contribution is 0.0994. The molecule has 2 heterocycles. The molecule has 7 nitrogen and oxygen atoms in total. The van der Waals surface area contributed by atoms with Crippen molar-refractivity contribution in [1.29, 1.82) is 0 Å². The number of nitrogens with two attached hydrogens (primary N) is 1. The number of fused-ring (bicyclic) bond motifs is 3. The van der Waals surface area contributed by atoms with E-state index in [0.29, 0.717) is 18.2 Å². The number of aromatic nitrogens is 4. The fourth-order valence-corrected chi connectivity index (χ4v) is 3.41. The van der Waals surface area contributed by atoms with E-state index in [1.807, 2.05) is 31.4 Å². The standard InChI is InChI=1S/C19H20N6O/c1-25-17-14(16(24-25)18(20)26)9-5-8-13-11-22-19(23-15(13)17)21-10-12-6-3-2-4-7-12/h2-4,6-7,11H,5,8-10H2,1H3,(H2,20,26)(H,21,22,23). The fourth-order valence-electron chi connectivity index (χ4n) is 3.41. The molecule has 132 valence electrons. The predicted octanol–water partition coefficient (Wildman–Crippen LogP) is 2.08. The van der Waals surface area contributed by atoms with Crippen molar-refractivity contribution in [3.63, 3.8) is 0 Å². The number of nitrogens with zero attached hydrogens (tertiary/aromatic N) is 4. The molecule has 2 aromatic heterocycles. The number of primary amides is 1. The van der Waals surface area contributed by atoms with Crippen LogP contribution in [-0.2, 0) is 26.4 Å². The first kappa shape index (κ1) is 16.3. The first-order valence-electron chi connectivity index (χ1n) is 8.63. The van der Waals surface area contributed by atoms with E-state index in [9.17, 15) is 4.79 Å². The number of carbonyl (C=O) groups excluding carboxylic acids is 1. The molecule has 1 aromatic carbocycles. The zero-order valence-corrected chi connectivity index (χ0v) is 14.6. The average molecular weight is 348 g/mol. The molecule has 4 rings (SSSR count). The van der Waals surface area contributed by atoms with Crippen molar-refractivity contribution in [3.05, 3.63) is 58.9 Å². The third kappa shape index (κ3) is 2.92. The number of nitrogens with one attached hydrogen (secondary N) is 1. The molecule has 3 N–H and O–H groups in total. The molecule has 0 spiro atoms. The molecule has 0 aliphatic heterocycles. The van der Waals surface area contributed by atoms with Crippen LogP contribution in [0.5, 0.6) is 0 Å². The maximum absolute atomic E-state index is 11.7. The number of rotatable bonds is 4. The molecule has 0 radical (unpaired) electrons. The molecule has 0 unspecified atom stereocenters. The molecule has 3 aromatic rings. The molecule has 1 amide bonds. The van der Waals surface area contributed by atoms with Crippen LogP contribution in [0.2, 0.25) is 0 Å². The second kappa shape index (κ2) is 6.59. The van der Waals surface area contributed by atoms with Gasteiger partial charge in [0.25, 0.3) is 5.91 Å². The van der Waals surface area contributed by atoms with Crippen molar-refractivity contribution >= 4 is 11.9 Å². The summed E-state index contributed by atoms with van der Waals surface area (Å²) >= 11 is 0. The van der Waals surface area contributed by atoms with Crippen molar-refractivity contribution < 1.29 is 4.79 Å². The molecule has 1 aliphatic rings. The van der Waals surface area contributed by atoms with Crippen LogP contribution < -0.4 is 11.1 Å². The van der Waals surface area contributed by atoms with Gasteiger partial charge < -0.3 is 11.1 Å². The van der Waals surface area contributed by atoms with Crippen LogP contribution in [-0.4, -0.2) is 25.7 Å². The maximum atomic E-state index is 11.7. The van der Waals surface area contributed by atoms with E-state index in [1.165, 1.54) is 0 Å². The Bertz CT molecular complexity index is 964. The van der Waals surface area contributed by atoms with E-state index < -0.39 is 5.91 Å². The van der Waals surface area contributed by atoms with Crippen molar-refractivity contribution in [2.45, 2.75) is 25.8 Å². The minimum atomic E-state index is -0.498. The quantitative estimate of drug-likeness (QED) is 0.752. The fraction of sp³-hybridized carbons (Fsp3) is 0.263. The molecule has 0 saturated heterocycles. The number of hydrogen-bond acceptors (Lipinski definition) is 5. The highest BCUT2D eigenvalue weighted by molar-refractivity contribution is 5.94. The summed E-state index contributed by atoms with van der Waals surface area (Å²) in [5, 5.41) is 7.58. The first-order valence-corrected chi connectivity index (χ1v) is 8.63. The van der Waals surface area contributed by atoms with E-state index in [0.717, 1.165) is 47.3 Å². The van der Waals surface area contributed by atoms with Gasteiger partial charge >= 0.3 is 0 Å². The van der Waals surface area contributed by atoms with E-state index in [2.05, 4.69) is 27.5 Å². The molecule has 26 heavy (non-hydrogen) atoms. The second-order valence-electron chi connectivity index (χ2n) is 6.42. The highest BCUT2D eigenvalue weighted by Crippen LogP contribution is 2.32. The average Bonchev–Trinajstić information content (AvgIpc) is 2.86. The number of anilines is 1. The lowest BCUT2D eigenvalue weighted by Crippen LogP contribution is -2.14. The van der Waals surface area contributed by atoms with Crippen molar-refractivity contribution in [3.8, 4) is 11.4 Å². The van der Waals surface area contributed by atoms with Crippen molar-refractivity contribution in [2.24, 2.45) is 12.8 Å². The van der Waals surface area contributed by atoms with Gasteiger partial charge in [-0.3, -0.25) is 9.48 Å². The van der Waals surface area contributed by atoms with Crippen molar-refractivity contribution in [2.75, 3.05) is 5.32 Å². The number of carbonyl (C=O) groups is 1. The van der Waals surface area contributed by atoms with Gasteiger partial charge in [0.05, 0.1) is 11.4 Å². The maximum Gasteiger partial charge on any atom is 0.269 e. The minimum Gasteiger partial charge on any atom is -0.364 e. The monoisotopic (exact) mass is 348 g/mol. The Balaban J connectivity index is 1.71. The molecule has 1 aliphatic carbocycles. The van der Waals surface area contributed by atoms with Crippen LogP contribution in [0.1, 0.15) is 33.6 Å². The lowest BCUT2D eigenvalue weighted by atomic mass is 10.1. The highest BCUT2D eigenvalue weighted by atomic mass is 16.1. The Morgan fingerprint density at radius 3 is 2.85 bits per heavy atom. The van der Waals surface area contributed by atoms with E-state index in [-0.39, 0.29) is 0 Å². The molecular formula is C19H20N6O. The minimum absolute atomic E-state index is 0.341. The van der Waals surface area contributed by atoms with Gasteiger partial charge in [0, 0.05) is 25.4 Å². The van der Waals surface area contributed by atoms with Crippen LogP contribution in [0, 0.1) is 0 Å². The third-order valence-corrected chi connectivity index (χ3v) is 4.63. The van der Waals surface area contributed by atoms with Crippen LogP contribution in [0.25, 0.3) is 11.4 Å². The number of aryl methyl sites for hydroxylation is 2. The highest BCUT2D eigenvalue weighted by Gasteiger charge is 2.26. The topological polar surface area (TPSA) is 98.7 Å². The summed E-state index contributed by atoms with van der Waals surface area (Å²) < 4.78 is 1.70. The molecule has 7 heteroatoms. The van der Waals surface area contributed by atoms with Gasteiger partial charge in [0.2, 0.25) is 5.95 Å². The smallest absolute Gasteiger partial charge is 0.269 e. The molecule has 0 fully saturated rings. The van der Waals surface area contributed by atoms with Gasteiger partial charge in [-0.2, -0.15) is 5.10 Å². The van der Waals surface area contributed by atoms with Crippen molar-refractivity contribution in [1.82, 2.24) is 19.7 Å². The molecule has 0 saturated carbocycles. The summed E-state index contributed by atoms with van der Waals surface area (Å²) in [6.07, 6.45) is 4.39. The third-order valence-electron chi connectivity index (χ3n) is 4.63. The Labute approximate surface area is 151 Å². The van der Waals surface area contributed by atoms with Crippen LogP contribution in [0.4, 0.5) is 5.95 Å². The Morgan fingerprint density at radius 1 is 1.27 bits per heavy atom.